The van der Waals surface area contributed by atoms with Gasteiger partial charge in [-0.05, 0) is 40.6 Å². The molecular formula is C21H19NO3. The van der Waals surface area contributed by atoms with Crippen molar-refractivity contribution in [3.8, 4) is 11.5 Å². The van der Waals surface area contributed by atoms with Crippen LogP contribution < -0.4 is 14.8 Å². The molecule has 3 aromatic rings. The fourth-order valence-corrected chi connectivity index (χ4v) is 3.65. The summed E-state index contributed by atoms with van der Waals surface area (Å²) in [5.41, 5.74) is 2.96. The zero-order chi connectivity index (χ0) is 17.4. The molecule has 25 heavy (non-hydrogen) atoms. The van der Waals surface area contributed by atoms with Crippen molar-refractivity contribution in [3.05, 3.63) is 65.7 Å². The highest BCUT2D eigenvalue weighted by atomic mass is 16.5. The Bertz CT molecular complexity index is 965. The fourth-order valence-electron chi connectivity index (χ4n) is 3.65. The van der Waals surface area contributed by atoms with Crippen LogP contribution in [0.4, 0.5) is 5.69 Å². The minimum Gasteiger partial charge on any atom is -0.497 e. The van der Waals surface area contributed by atoms with Gasteiger partial charge in [-0.25, -0.2) is 0 Å². The molecule has 0 unspecified atom stereocenters. The van der Waals surface area contributed by atoms with Gasteiger partial charge in [0.05, 0.1) is 14.2 Å². The van der Waals surface area contributed by atoms with Crippen LogP contribution in [0.25, 0.3) is 10.8 Å². The van der Waals surface area contributed by atoms with Crippen LogP contribution in [0.3, 0.4) is 0 Å². The zero-order valence-corrected chi connectivity index (χ0v) is 14.2. The number of carbonyl (C=O) groups is 1. The highest BCUT2D eigenvalue weighted by Crippen LogP contribution is 2.44. The number of rotatable bonds is 3. The standard InChI is InChI=1S/C21H19NO3/c1-24-14-8-10-19(25-2)16(11-14)17-12-20(23)22-18-9-7-13-5-3-4-6-15(13)21(17)18/h3-11,17H,12H2,1-2H3,(H,22,23)/t17-/m1/s1. The van der Waals surface area contributed by atoms with E-state index >= 15 is 0 Å². The molecule has 1 N–H and O–H groups in total. The third-order valence-corrected chi connectivity index (χ3v) is 4.80. The summed E-state index contributed by atoms with van der Waals surface area (Å²) in [5.74, 6) is 1.44. The number of benzene rings is 3. The van der Waals surface area contributed by atoms with Crippen molar-refractivity contribution in [1.82, 2.24) is 0 Å². The quantitative estimate of drug-likeness (QED) is 0.776. The molecular weight excluding hydrogens is 314 g/mol. The smallest absolute Gasteiger partial charge is 0.225 e. The van der Waals surface area contributed by atoms with Gasteiger partial charge < -0.3 is 14.8 Å². The first kappa shape index (κ1) is 15.5. The first-order valence-corrected chi connectivity index (χ1v) is 8.24. The molecule has 0 saturated heterocycles. The van der Waals surface area contributed by atoms with Gasteiger partial charge in [-0.1, -0.05) is 30.3 Å². The molecule has 126 valence electrons. The molecule has 0 aliphatic carbocycles. The summed E-state index contributed by atoms with van der Waals surface area (Å²) in [6.07, 6.45) is 0.379. The SMILES string of the molecule is COc1ccc(OC)c([C@H]2CC(=O)Nc3ccc4ccccc4c32)c1. The molecule has 1 amide bonds. The van der Waals surface area contributed by atoms with Gasteiger partial charge in [0.1, 0.15) is 11.5 Å². The summed E-state index contributed by atoms with van der Waals surface area (Å²) in [6.45, 7) is 0. The largest absolute Gasteiger partial charge is 0.497 e. The average molecular weight is 333 g/mol. The Morgan fingerprint density at radius 1 is 1.00 bits per heavy atom. The third-order valence-electron chi connectivity index (χ3n) is 4.80. The molecule has 0 fully saturated rings. The van der Waals surface area contributed by atoms with Gasteiger partial charge in [0, 0.05) is 23.6 Å². The minimum atomic E-state index is -0.0834. The summed E-state index contributed by atoms with van der Waals surface area (Å²) in [5, 5.41) is 5.31. The van der Waals surface area contributed by atoms with Crippen molar-refractivity contribution in [2.24, 2.45) is 0 Å². The lowest BCUT2D eigenvalue weighted by atomic mass is 9.81. The number of nitrogens with one attached hydrogen (secondary N) is 1. The van der Waals surface area contributed by atoms with Crippen LogP contribution >= 0.6 is 0 Å². The second-order valence-electron chi connectivity index (χ2n) is 6.16. The normalized spacial score (nSPS) is 16.2. The topological polar surface area (TPSA) is 47.6 Å². The van der Waals surface area contributed by atoms with Gasteiger partial charge in [0.15, 0.2) is 0 Å². The lowest BCUT2D eigenvalue weighted by Crippen LogP contribution is -2.24. The van der Waals surface area contributed by atoms with Crippen LogP contribution in [0.15, 0.2) is 54.6 Å². The summed E-state index contributed by atoms with van der Waals surface area (Å²) >= 11 is 0. The molecule has 4 rings (SSSR count). The molecule has 0 spiro atoms. The molecule has 1 atom stereocenters. The number of hydrogen-bond donors (Lipinski definition) is 1. The second kappa shape index (κ2) is 6.13. The average Bonchev–Trinajstić information content (AvgIpc) is 2.66. The van der Waals surface area contributed by atoms with Crippen LogP contribution in [-0.4, -0.2) is 20.1 Å². The van der Waals surface area contributed by atoms with E-state index in [1.54, 1.807) is 14.2 Å². The maximum atomic E-state index is 12.3. The van der Waals surface area contributed by atoms with E-state index in [1.807, 2.05) is 42.5 Å². The molecule has 3 aromatic carbocycles. The van der Waals surface area contributed by atoms with E-state index in [1.165, 1.54) is 0 Å². The van der Waals surface area contributed by atoms with Gasteiger partial charge in [-0.15, -0.1) is 0 Å². The number of fused-ring (bicyclic) bond motifs is 3. The lowest BCUT2D eigenvalue weighted by Gasteiger charge is -2.28. The second-order valence-corrected chi connectivity index (χ2v) is 6.16. The maximum Gasteiger partial charge on any atom is 0.225 e. The molecule has 0 aromatic heterocycles. The number of methoxy groups -OCH3 is 2. The molecule has 4 nitrogen and oxygen atoms in total. The summed E-state index contributed by atoms with van der Waals surface area (Å²) in [7, 11) is 3.29. The molecule has 1 aliphatic heterocycles. The Labute approximate surface area is 146 Å². The van der Waals surface area contributed by atoms with Gasteiger partial charge in [-0.2, -0.15) is 0 Å². The molecule has 1 aliphatic rings. The lowest BCUT2D eigenvalue weighted by molar-refractivity contribution is -0.116. The first-order valence-electron chi connectivity index (χ1n) is 8.24. The molecule has 1 heterocycles. The first-order chi connectivity index (χ1) is 12.2. The molecule has 4 heteroatoms. The third kappa shape index (κ3) is 2.60. The Morgan fingerprint density at radius 2 is 1.84 bits per heavy atom. The number of hydrogen-bond acceptors (Lipinski definition) is 3. The van der Waals surface area contributed by atoms with E-state index in [2.05, 4.69) is 17.4 Å². The van der Waals surface area contributed by atoms with E-state index in [4.69, 9.17) is 9.47 Å². The van der Waals surface area contributed by atoms with Crippen molar-refractivity contribution in [2.75, 3.05) is 19.5 Å². The van der Waals surface area contributed by atoms with Gasteiger partial charge in [0.25, 0.3) is 0 Å². The monoisotopic (exact) mass is 333 g/mol. The predicted octanol–water partition coefficient (Wildman–Crippen LogP) is 4.33. The van der Waals surface area contributed by atoms with Gasteiger partial charge in [0.2, 0.25) is 5.91 Å². The number of carbonyl (C=O) groups excluding carboxylic acids is 1. The van der Waals surface area contributed by atoms with Crippen LogP contribution in [0, 0.1) is 0 Å². The van der Waals surface area contributed by atoms with E-state index in [0.29, 0.717) is 6.42 Å². The Morgan fingerprint density at radius 3 is 2.64 bits per heavy atom. The fraction of sp³-hybridized carbons (Fsp3) is 0.190. The van der Waals surface area contributed by atoms with E-state index in [-0.39, 0.29) is 11.8 Å². The van der Waals surface area contributed by atoms with Crippen molar-refractivity contribution < 1.29 is 14.3 Å². The Hall–Kier alpha value is -3.01. The Balaban J connectivity index is 1.99. The molecule has 0 bridgehead atoms. The van der Waals surface area contributed by atoms with Crippen molar-refractivity contribution in [3.63, 3.8) is 0 Å². The van der Waals surface area contributed by atoms with Crippen molar-refractivity contribution in [2.45, 2.75) is 12.3 Å². The molecule has 0 saturated carbocycles. The van der Waals surface area contributed by atoms with E-state index in [9.17, 15) is 4.79 Å². The number of ether oxygens (including phenoxy) is 2. The van der Waals surface area contributed by atoms with Gasteiger partial charge >= 0.3 is 0 Å². The van der Waals surface area contributed by atoms with E-state index < -0.39 is 0 Å². The predicted molar refractivity (Wildman–Crippen MR) is 98.6 cm³/mol. The zero-order valence-electron chi connectivity index (χ0n) is 14.2. The van der Waals surface area contributed by atoms with Crippen LogP contribution in [0.1, 0.15) is 23.5 Å². The van der Waals surface area contributed by atoms with Crippen molar-refractivity contribution >= 4 is 22.4 Å². The van der Waals surface area contributed by atoms with Crippen LogP contribution in [0.5, 0.6) is 11.5 Å². The summed E-state index contributed by atoms with van der Waals surface area (Å²) < 4.78 is 11.0. The van der Waals surface area contributed by atoms with Crippen LogP contribution in [-0.2, 0) is 4.79 Å². The highest BCUT2D eigenvalue weighted by Gasteiger charge is 2.30. The maximum absolute atomic E-state index is 12.3. The molecule has 0 radical (unpaired) electrons. The summed E-state index contributed by atoms with van der Waals surface area (Å²) in [4.78, 5) is 12.3. The number of anilines is 1. The van der Waals surface area contributed by atoms with Gasteiger partial charge in [-0.3, -0.25) is 4.79 Å². The summed E-state index contributed by atoms with van der Waals surface area (Å²) in [6, 6.07) is 18.0. The van der Waals surface area contributed by atoms with Crippen molar-refractivity contribution in [1.29, 1.82) is 0 Å². The van der Waals surface area contributed by atoms with E-state index in [0.717, 1.165) is 39.1 Å². The highest BCUT2D eigenvalue weighted by molar-refractivity contribution is 6.01. The van der Waals surface area contributed by atoms with Crippen LogP contribution in [0.2, 0.25) is 0 Å². The Kier molecular flexibility index (Phi) is 3.80. The number of amides is 1. The minimum absolute atomic E-state index is 0.0117.